The first-order valence-electron chi connectivity index (χ1n) is 6.96. The van der Waals surface area contributed by atoms with Crippen LogP contribution in [-0.4, -0.2) is 48.2 Å². The summed E-state index contributed by atoms with van der Waals surface area (Å²) in [6.45, 7) is 1.04. The van der Waals surface area contributed by atoms with Crippen molar-refractivity contribution in [2.75, 3.05) is 20.2 Å². The molecule has 0 radical (unpaired) electrons. The fourth-order valence-corrected chi connectivity index (χ4v) is 2.36. The highest BCUT2D eigenvalue weighted by atomic mass is 16.5. The quantitative estimate of drug-likeness (QED) is 0.810. The molecular weight excluding hydrogens is 288 g/mol. The van der Waals surface area contributed by atoms with E-state index in [2.05, 4.69) is 10.1 Å². The maximum absolute atomic E-state index is 12.0. The average molecular weight is 306 g/mol. The van der Waals surface area contributed by atoms with Gasteiger partial charge >= 0.3 is 18.0 Å². The molecule has 0 spiro atoms. The summed E-state index contributed by atoms with van der Waals surface area (Å²) < 4.78 is 4.69. The standard InChI is InChI=1S/C15H18N2O5/c1-22-14(20)11-3-2-10-5-7-17(9-12(10)8-11)15(21)16-6-4-13(18)19/h2-3,8H,4-7,9H2,1H3,(H,16,21)(H,18,19). The lowest BCUT2D eigenvalue weighted by Crippen LogP contribution is -2.43. The summed E-state index contributed by atoms with van der Waals surface area (Å²) in [5.74, 6) is -1.36. The maximum Gasteiger partial charge on any atom is 0.337 e. The fraction of sp³-hybridized carbons (Fsp3) is 0.400. The lowest BCUT2D eigenvalue weighted by Gasteiger charge is -2.29. The van der Waals surface area contributed by atoms with Crippen LogP contribution in [0.25, 0.3) is 0 Å². The first-order chi connectivity index (χ1) is 10.5. The van der Waals surface area contributed by atoms with Gasteiger partial charge in [-0.15, -0.1) is 0 Å². The number of ether oxygens (including phenoxy) is 1. The van der Waals surface area contributed by atoms with E-state index in [-0.39, 0.29) is 19.0 Å². The van der Waals surface area contributed by atoms with E-state index < -0.39 is 11.9 Å². The number of amides is 2. The van der Waals surface area contributed by atoms with Crippen molar-refractivity contribution >= 4 is 18.0 Å². The van der Waals surface area contributed by atoms with Crippen LogP contribution in [0.2, 0.25) is 0 Å². The maximum atomic E-state index is 12.0. The highest BCUT2D eigenvalue weighted by Crippen LogP contribution is 2.20. The van der Waals surface area contributed by atoms with E-state index in [4.69, 9.17) is 5.11 Å². The van der Waals surface area contributed by atoms with E-state index in [0.717, 1.165) is 11.1 Å². The van der Waals surface area contributed by atoms with Gasteiger partial charge in [-0.25, -0.2) is 9.59 Å². The Morgan fingerprint density at radius 2 is 2.09 bits per heavy atom. The van der Waals surface area contributed by atoms with Crippen LogP contribution in [-0.2, 0) is 22.5 Å². The van der Waals surface area contributed by atoms with Gasteiger partial charge in [0.15, 0.2) is 0 Å². The van der Waals surface area contributed by atoms with Gasteiger partial charge in [0.1, 0.15) is 0 Å². The molecule has 22 heavy (non-hydrogen) atoms. The van der Waals surface area contributed by atoms with Crippen molar-refractivity contribution in [3.05, 3.63) is 34.9 Å². The molecule has 0 saturated heterocycles. The van der Waals surface area contributed by atoms with Crippen LogP contribution in [0.4, 0.5) is 4.79 Å². The zero-order valence-corrected chi connectivity index (χ0v) is 12.3. The third-order valence-corrected chi connectivity index (χ3v) is 3.54. The van der Waals surface area contributed by atoms with E-state index in [1.807, 2.05) is 6.07 Å². The summed E-state index contributed by atoms with van der Waals surface area (Å²) in [4.78, 5) is 35.6. The van der Waals surface area contributed by atoms with E-state index in [0.29, 0.717) is 25.1 Å². The second kappa shape index (κ2) is 6.93. The first kappa shape index (κ1) is 15.8. The van der Waals surface area contributed by atoms with Gasteiger partial charge < -0.3 is 20.1 Å². The number of carbonyl (C=O) groups is 3. The zero-order chi connectivity index (χ0) is 16.1. The molecule has 0 atom stereocenters. The molecule has 0 aromatic heterocycles. The summed E-state index contributed by atoms with van der Waals surface area (Å²) in [7, 11) is 1.32. The Morgan fingerprint density at radius 3 is 2.77 bits per heavy atom. The number of hydrogen-bond acceptors (Lipinski definition) is 4. The van der Waals surface area contributed by atoms with Gasteiger partial charge in [0, 0.05) is 19.6 Å². The third-order valence-electron chi connectivity index (χ3n) is 3.54. The molecule has 7 nitrogen and oxygen atoms in total. The Balaban J connectivity index is 2.01. The first-order valence-corrected chi connectivity index (χ1v) is 6.96. The molecule has 2 rings (SSSR count). The Kier molecular flexibility index (Phi) is 4.98. The molecule has 1 heterocycles. The minimum Gasteiger partial charge on any atom is -0.481 e. The number of benzene rings is 1. The lowest BCUT2D eigenvalue weighted by molar-refractivity contribution is -0.136. The van der Waals surface area contributed by atoms with Gasteiger partial charge in [0.25, 0.3) is 0 Å². The number of carboxylic acid groups (broad SMARTS) is 1. The number of methoxy groups -OCH3 is 1. The van der Waals surface area contributed by atoms with E-state index in [1.165, 1.54) is 7.11 Å². The summed E-state index contributed by atoms with van der Waals surface area (Å²) in [5, 5.41) is 11.1. The van der Waals surface area contributed by atoms with Gasteiger partial charge in [-0.1, -0.05) is 6.07 Å². The molecular formula is C15H18N2O5. The molecule has 2 N–H and O–H groups in total. The highest BCUT2D eigenvalue weighted by Gasteiger charge is 2.21. The van der Waals surface area contributed by atoms with Crippen LogP contribution in [0.1, 0.15) is 27.9 Å². The molecule has 1 aliphatic rings. The summed E-state index contributed by atoms with van der Waals surface area (Å²) in [6, 6.07) is 5.03. The van der Waals surface area contributed by atoms with Crippen molar-refractivity contribution in [1.82, 2.24) is 10.2 Å². The van der Waals surface area contributed by atoms with Crippen molar-refractivity contribution in [3.63, 3.8) is 0 Å². The summed E-state index contributed by atoms with van der Waals surface area (Å²) >= 11 is 0. The topological polar surface area (TPSA) is 95.9 Å². The number of fused-ring (bicyclic) bond motifs is 1. The van der Waals surface area contributed by atoms with Crippen LogP contribution >= 0.6 is 0 Å². The van der Waals surface area contributed by atoms with E-state index in [1.54, 1.807) is 17.0 Å². The molecule has 0 aliphatic carbocycles. The molecule has 0 saturated carbocycles. The van der Waals surface area contributed by atoms with Gasteiger partial charge in [0.2, 0.25) is 0 Å². The number of rotatable bonds is 4. The fourth-order valence-electron chi connectivity index (χ4n) is 2.36. The molecule has 7 heteroatoms. The van der Waals surface area contributed by atoms with E-state index >= 15 is 0 Å². The number of urea groups is 1. The van der Waals surface area contributed by atoms with Crippen molar-refractivity contribution in [2.24, 2.45) is 0 Å². The number of aliphatic carboxylic acids is 1. The minimum atomic E-state index is -0.952. The minimum absolute atomic E-state index is 0.0969. The number of esters is 1. The Morgan fingerprint density at radius 1 is 1.32 bits per heavy atom. The van der Waals surface area contributed by atoms with Crippen LogP contribution in [0.15, 0.2) is 18.2 Å². The van der Waals surface area contributed by atoms with E-state index in [9.17, 15) is 14.4 Å². The average Bonchev–Trinajstić information content (AvgIpc) is 2.52. The monoisotopic (exact) mass is 306 g/mol. The molecule has 118 valence electrons. The van der Waals surface area contributed by atoms with Gasteiger partial charge in [-0.05, 0) is 29.7 Å². The molecule has 1 aliphatic heterocycles. The molecule has 0 unspecified atom stereocenters. The van der Waals surface area contributed by atoms with Crippen LogP contribution in [0.5, 0.6) is 0 Å². The second-order valence-corrected chi connectivity index (χ2v) is 5.02. The predicted molar refractivity (Wildman–Crippen MR) is 77.5 cm³/mol. The van der Waals surface area contributed by atoms with Gasteiger partial charge in [0.05, 0.1) is 19.1 Å². The van der Waals surface area contributed by atoms with Crippen molar-refractivity contribution in [2.45, 2.75) is 19.4 Å². The normalized spacial score (nSPS) is 13.2. The molecule has 0 bridgehead atoms. The number of carbonyl (C=O) groups excluding carboxylic acids is 2. The Bertz CT molecular complexity index is 600. The lowest BCUT2D eigenvalue weighted by atomic mass is 9.97. The largest absolute Gasteiger partial charge is 0.481 e. The Hall–Kier alpha value is -2.57. The third kappa shape index (κ3) is 3.75. The molecule has 0 fully saturated rings. The number of carboxylic acids is 1. The van der Waals surface area contributed by atoms with Gasteiger partial charge in [-0.2, -0.15) is 0 Å². The SMILES string of the molecule is COC(=O)c1ccc2c(c1)CN(C(=O)NCCC(=O)O)CC2. The smallest absolute Gasteiger partial charge is 0.337 e. The van der Waals surface area contributed by atoms with Crippen LogP contribution in [0, 0.1) is 0 Å². The number of nitrogens with zero attached hydrogens (tertiary/aromatic N) is 1. The number of hydrogen-bond donors (Lipinski definition) is 2. The second-order valence-electron chi connectivity index (χ2n) is 5.02. The van der Waals surface area contributed by atoms with Gasteiger partial charge in [-0.3, -0.25) is 4.79 Å². The van der Waals surface area contributed by atoms with Crippen molar-refractivity contribution in [3.8, 4) is 0 Å². The molecule has 1 aromatic rings. The predicted octanol–water partition coefficient (Wildman–Crippen LogP) is 1.02. The summed E-state index contributed by atoms with van der Waals surface area (Å²) in [5.41, 5.74) is 2.46. The van der Waals surface area contributed by atoms with Crippen molar-refractivity contribution in [1.29, 1.82) is 0 Å². The van der Waals surface area contributed by atoms with Crippen LogP contribution in [0.3, 0.4) is 0 Å². The zero-order valence-electron chi connectivity index (χ0n) is 12.3. The Labute approximate surface area is 127 Å². The van der Waals surface area contributed by atoms with Crippen molar-refractivity contribution < 1.29 is 24.2 Å². The molecule has 1 aromatic carbocycles. The molecule has 2 amide bonds. The van der Waals surface area contributed by atoms with Crippen LogP contribution < -0.4 is 5.32 Å². The number of nitrogens with one attached hydrogen (secondary N) is 1. The highest BCUT2D eigenvalue weighted by molar-refractivity contribution is 5.89. The summed E-state index contributed by atoms with van der Waals surface area (Å²) in [6.07, 6.45) is 0.589.